The molecule has 7 heteroatoms. The number of carboxylic acid groups (broad SMARTS) is 1. The fourth-order valence-corrected chi connectivity index (χ4v) is 1.72. The lowest BCUT2D eigenvalue weighted by Gasteiger charge is -2.20. The zero-order valence-corrected chi connectivity index (χ0v) is 12.9. The minimum absolute atomic E-state index is 0.245. The van der Waals surface area contributed by atoms with Crippen molar-refractivity contribution in [1.82, 2.24) is 15.3 Å². The molecule has 1 rings (SSSR count). The molecule has 1 amide bonds. The standard InChI is InChI=1S/C14H22N4O3/c1-9-8-10(2)17-13(16-9)15-7-5-6-11(19)18-14(3,4)12(20)21/h8H,5-7H2,1-4H3,(H,18,19)(H,20,21)(H,15,16,17). The molecule has 0 aliphatic rings. The molecule has 0 spiro atoms. The minimum Gasteiger partial charge on any atom is -0.480 e. The molecule has 116 valence electrons. The third-order valence-electron chi connectivity index (χ3n) is 2.83. The van der Waals surface area contributed by atoms with Crippen molar-refractivity contribution in [2.45, 2.75) is 46.1 Å². The third kappa shape index (κ3) is 5.76. The lowest BCUT2D eigenvalue weighted by atomic mass is 10.1. The lowest BCUT2D eigenvalue weighted by Crippen LogP contribution is -2.49. The number of carbonyl (C=O) groups is 2. The van der Waals surface area contributed by atoms with E-state index < -0.39 is 11.5 Å². The number of nitrogens with zero attached hydrogens (tertiary/aromatic N) is 2. The first kappa shape index (κ1) is 16.9. The zero-order valence-electron chi connectivity index (χ0n) is 12.9. The van der Waals surface area contributed by atoms with E-state index >= 15 is 0 Å². The summed E-state index contributed by atoms with van der Waals surface area (Å²) in [6, 6.07) is 1.88. The molecule has 0 saturated carbocycles. The van der Waals surface area contributed by atoms with Crippen LogP contribution in [0.3, 0.4) is 0 Å². The number of carbonyl (C=O) groups excluding carboxylic acids is 1. The van der Waals surface area contributed by atoms with E-state index in [1.165, 1.54) is 13.8 Å². The molecule has 1 aromatic rings. The Morgan fingerprint density at radius 2 is 1.81 bits per heavy atom. The molecule has 1 heterocycles. The summed E-state index contributed by atoms with van der Waals surface area (Å²) < 4.78 is 0. The van der Waals surface area contributed by atoms with Gasteiger partial charge >= 0.3 is 5.97 Å². The Balaban J connectivity index is 2.34. The highest BCUT2D eigenvalue weighted by atomic mass is 16.4. The fourth-order valence-electron chi connectivity index (χ4n) is 1.72. The molecule has 3 N–H and O–H groups in total. The van der Waals surface area contributed by atoms with Crippen molar-refractivity contribution in [2.24, 2.45) is 0 Å². The minimum atomic E-state index is -1.25. The molecule has 7 nitrogen and oxygen atoms in total. The maximum atomic E-state index is 11.6. The Hall–Kier alpha value is -2.18. The smallest absolute Gasteiger partial charge is 0.328 e. The monoisotopic (exact) mass is 294 g/mol. The van der Waals surface area contributed by atoms with Gasteiger partial charge < -0.3 is 15.7 Å². The van der Waals surface area contributed by atoms with Crippen molar-refractivity contribution in [3.05, 3.63) is 17.5 Å². The summed E-state index contributed by atoms with van der Waals surface area (Å²) >= 11 is 0. The number of nitrogens with one attached hydrogen (secondary N) is 2. The van der Waals surface area contributed by atoms with Gasteiger partial charge in [-0.2, -0.15) is 0 Å². The maximum absolute atomic E-state index is 11.6. The molecule has 0 saturated heterocycles. The highest BCUT2D eigenvalue weighted by Gasteiger charge is 2.28. The van der Waals surface area contributed by atoms with Gasteiger partial charge in [0.15, 0.2) is 0 Å². The van der Waals surface area contributed by atoms with Gasteiger partial charge in [-0.3, -0.25) is 4.79 Å². The molecular weight excluding hydrogens is 272 g/mol. The molecule has 0 aliphatic carbocycles. The predicted molar refractivity (Wildman–Crippen MR) is 79.1 cm³/mol. The predicted octanol–water partition coefficient (Wildman–Crippen LogP) is 1.26. The van der Waals surface area contributed by atoms with Crippen LogP contribution in [0.25, 0.3) is 0 Å². The summed E-state index contributed by atoms with van der Waals surface area (Å²) in [6.07, 6.45) is 0.812. The first-order chi connectivity index (χ1) is 9.70. The van der Waals surface area contributed by atoms with Crippen LogP contribution >= 0.6 is 0 Å². The van der Waals surface area contributed by atoms with Crippen molar-refractivity contribution in [1.29, 1.82) is 0 Å². The summed E-state index contributed by atoms with van der Waals surface area (Å²) in [5, 5.41) is 14.4. The molecule has 0 bridgehead atoms. The van der Waals surface area contributed by atoms with E-state index in [1.807, 2.05) is 19.9 Å². The van der Waals surface area contributed by atoms with Crippen molar-refractivity contribution >= 4 is 17.8 Å². The van der Waals surface area contributed by atoms with Crippen LogP contribution in [-0.2, 0) is 9.59 Å². The average molecular weight is 294 g/mol. The van der Waals surface area contributed by atoms with Gasteiger partial charge in [-0.15, -0.1) is 0 Å². The number of hydrogen-bond acceptors (Lipinski definition) is 5. The Morgan fingerprint density at radius 1 is 1.24 bits per heavy atom. The summed E-state index contributed by atoms with van der Waals surface area (Å²) in [7, 11) is 0. The van der Waals surface area contributed by atoms with Crippen LogP contribution in [0.4, 0.5) is 5.95 Å². The fraction of sp³-hybridized carbons (Fsp3) is 0.571. The number of amides is 1. The third-order valence-corrected chi connectivity index (χ3v) is 2.83. The summed E-state index contributed by atoms with van der Waals surface area (Å²) in [5.41, 5.74) is 0.512. The van der Waals surface area contributed by atoms with Gasteiger partial charge in [-0.25, -0.2) is 14.8 Å². The summed E-state index contributed by atoms with van der Waals surface area (Å²) in [6.45, 7) is 7.23. The highest BCUT2D eigenvalue weighted by molar-refractivity contribution is 5.86. The normalized spacial score (nSPS) is 11.0. The molecule has 0 radical (unpaired) electrons. The zero-order chi connectivity index (χ0) is 16.0. The first-order valence-electron chi connectivity index (χ1n) is 6.81. The number of carboxylic acids is 1. The van der Waals surface area contributed by atoms with Gasteiger partial charge in [0.25, 0.3) is 0 Å². The molecular formula is C14H22N4O3. The van der Waals surface area contributed by atoms with Crippen LogP contribution in [0.1, 0.15) is 38.1 Å². The number of hydrogen-bond donors (Lipinski definition) is 3. The molecule has 0 unspecified atom stereocenters. The number of rotatable bonds is 7. The van der Waals surface area contributed by atoms with E-state index in [2.05, 4.69) is 20.6 Å². The van der Waals surface area contributed by atoms with Crippen molar-refractivity contribution < 1.29 is 14.7 Å². The molecule has 0 atom stereocenters. The van der Waals surface area contributed by atoms with Gasteiger partial charge in [0, 0.05) is 24.4 Å². The topological polar surface area (TPSA) is 104 Å². The average Bonchev–Trinajstić information content (AvgIpc) is 2.32. The molecule has 21 heavy (non-hydrogen) atoms. The number of aromatic nitrogens is 2. The number of aliphatic carboxylic acids is 1. The Labute approximate surface area is 124 Å². The molecule has 0 aliphatic heterocycles. The van der Waals surface area contributed by atoms with Crippen LogP contribution in [0.5, 0.6) is 0 Å². The largest absolute Gasteiger partial charge is 0.480 e. The van der Waals surface area contributed by atoms with Gasteiger partial charge in [-0.1, -0.05) is 0 Å². The lowest BCUT2D eigenvalue weighted by molar-refractivity contribution is -0.146. The van der Waals surface area contributed by atoms with E-state index in [1.54, 1.807) is 0 Å². The summed E-state index contributed by atoms with van der Waals surface area (Å²) in [4.78, 5) is 31.0. The molecule has 0 fully saturated rings. The molecule has 1 aromatic heterocycles. The van der Waals surface area contributed by atoms with Crippen molar-refractivity contribution in [3.63, 3.8) is 0 Å². The Bertz CT molecular complexity index is 509. The molecule has 0 aromatic carbocycles. The number of anilines is 1. The van der Waals surface area contributed by atoms with Crippen LogP contribution in [-0.4, -0.2) is 39.0 Å². The number of aryl methyl sites for hydroxylation is 2. The van der Waals surface area contributed by atoms with Crippen LogP contribution < -0.4 is 10.6 Å². The van der Waals surface area contributed by atoms with Crippen LogP contribution in [0.2, 0.25) is 0 Å². The Kier molecular flexibility index (Phi) is 5.63. The van der Waals surface area contributed by atoms with Gasteiger partial charge in [-0.05, 0) is 40.2 Å². The van der Waals surface area contributed by atoms with E-state index in [9.17, 15) is 9.59 Å². The van der Waals surface area contributed by atoms with Crippen molar-refractivity contribution in [2.75, 3.05) is 11.9 Å². The SMILES string of the molecule is Cc1cc(C)nc(NCCCC(=O)NC(C)(C)C(=O)O)n1. The van der Waals surface area contributed by atoms with E-state index in [0.29, 0.717) is 18.9 Å². The van der Waals surface area contributed by atoms with Crippen LogP contribution in [0, 0.1) is 13.8 Å². The Morgan fingerprint density at radius 3 is 2.33 bits per heavy atom. The van der Waals surface area contributed by atoms with E-state index in [4.69, 9.17) is 5.11 Å². The van der Waals surface area contributed by atoms with Crippen LogP contribution in [0.15, 0.2) is 6.07 Å². The second-order valence-corrected chi connectivity index (χ2v) is 5.48. The first-order valence-corrected chi connectivity index (χ1v) is 6.81. The van der Waals surface area contributed by atoms with Gasteiger partial charge in [0.1, 0.15) is 5.54 Å². The highest BCUT2D eigenvalue weighted by Crippen LogP contribution is 2.05. The van der Waals surface area contributed by atoms with Gasteiger partial charge in [0.2, 0.25) is 11.9 Å². The maximum Gasteiger partial charge on any atom is 0.328 e. The van der Waals surface area contributed by atoms with E-state index in [-0.39, 0.29) is 12.3 Å². The van der Waals surface area contributed by atoms with Gasteiger partial charge in [0.05, 0.1) is 0 Å². The summed E-state index contributed by atoms with van der Waals surface area (Å²) in [5.74, 6) is -0.804. The van der Waals surface area contributed by atoms with Crippen molar-refractivity contribution in [3.8, 4) is 0 Å². The quantitative estimate of drug-likeness (QED) is 0.654. The second kappa shape index (κ2) is 7.01. The second-order valence-electron chi connectivity index (χ2n) is 5.48. The van der Waals surface area contributed by atoms with E-state index in [0.717, 1.165) is 11.4 Å².